The lowest BCUT2D eigenvalue weighted by Gasteiger charge is -2.29. The number of hydrazone groups is 1. The van der Waals surface area contributed by atoms with Gasteiger partial charge < -0.3 is 5.32 Å². The molecule has 1 fully saturated rings. The van der Waals surface area contributed by atoms with E-state index in [0.717, 1.165) is 53.8 Å². The van der Waals surface area contributed by atoms with Crippen LogP contribution in [0.2, 0.25) is 0 Å². The molecule has 0 amide bonds. The Kier molecular flexibility index (Phi) is 5.93. The predicted octanol–water partition coefficient (Wildman–Crippen LogP) is 4.30. The van der Waals surface area contributed by atoms with E-state index in [1.54, 1.807) is 6.20 Å². The van der Waals surface area contributed by atoms with Crippen LogP contribution in [0.1, 0.15) is 35.4 Å². The van der Waals surface area contributed by atoms with Gasteiger partial charge in [0.1, 0.15) is 6.17 Å². The normalized spacial score (nSPS) is 20.8. The van der Waals surface area contributed by atoms with E-state index < -0.39 is 6.17 Å². The summed E-state index contributed by atoms with van der Waals surface area (Å²) >= 11 is 0. The SMILES string of the molecule is C#Cc1ccc2nc(Nc3cc(CN4CCCC(F)C4)cc(C4C=NN(C)C4)c3)ncc2c1. The molecule has 2 aromatic carbocycles. The molecule has 0 radical (unpaired) electrons. The summed E-state index contributed by atoms with van der Waals surface area (Å²) < 4.78 is 13.9. The van der Waals surface area contributed by atoms with Crippen LogP contribution < -0.4 is 5.32 Å². The Morgan fingerprint density at radius 2 is 2.12 bits per heavy atom. The molecule has 0 bridgehead atoms. The monoisotopic (exact) mass is 442 g/mol. The van der Waals surface area contributed by atoms with Gasteiger partial charge in [0.15, 0.2) is 0 Å². The number of hydrogen-bond acceptors (Lipinski definition) is 6. The predicted molar refractivity (Wildman–Crippen MR) is 130 cm³/mol. The lowest BCUT2D eigenvalue weighted by molar-refractivity contribution is 0.133. The Bertz CT molecular complexity index is 1230. The first-order chi connectivity index (χ1) is 16.1. The zero-order chi connectivity index (χ0) is 22.8. The van der Waals surface area contributed by atoms with Gasteiger partial charge in [-0.15, -0.1) is 6.42 Å². The molecule has 33 heavy (non-hydrogen) atoms. The number of halogens is 1. The molecule has 2 aliphatic rings. The maximum atomic E-state index is 13.9. The van der Waals surface area contributed by atoms with Gasteiger partial charge >= 0.3 is 0 Å². The summed E-state index contributed by atoms with van der Waals surface area (Å²) in [6.45, 7) is 2.97. The molecule has 7 heteroatoms. The number of nitrogens with zero attached hydrogens (tertiary/aromatic N) is 5. The maximum absolute atomic E-state index is 13.9. The number of nitrogens with one attached hydrogen (secondary N) is 1. The number of anilines is 2. The summed E-state index contributed by atoms with van der Waals surface area (Å²) in [4.78, 5) is 11.3. The summed E-state index contributed by atoms with van der Waals surface area (Å²) in [6.07, 6.45) is 10.1. The van der Waals surface area contributed by atoms with Crippen molar-refractivity contribution in [1.82, 2.24) is 19.9 Å². The molecule has 5 rings (SSSR count). The molecular formula is C26H27FN6. The van der Waals surface area contributed by atoms with Crippen LogP contribution in [0.4, 0.5) is 16.0 Å². The second kappa shape index (κ2) is 9.16. The topological polar surface area (TPSA) is 56.7 Å². The van der Waals surface area contributed by atoms with Crippen LogP contribution in [0, 0.1) is 12.3 Å². The summed E-state index contributed by atoms with van der Waals surface area (Å²) in [7, 11) is 1.98. The van der Waals surface area contributed by atoms with Crippen molar-refractivity contribution >= 4 is 28.8 Å². The largest absolute Gasteiger partial charge is 0.324 e. The first-order valence-electron chi connectivity index (χ1n) is 11.3. The van der Waals surface area contributed by atoms with E-state index in [9.17, 15) is 4.39 Å². The third kappa shape index (κ3) is 4.96. The highest BCUT2D eigenvalue weighted by molar-refractivity contribution is 5.80. The van der Waals surface area contributed by atoms with Crippen LogP contribution in [-0.2, 0) is 6.54 Å². The highest BCUT2D eigenvalue weighted by Gasteiger charge is 2.21. The number of piperidine rings is 1. The van der Waals surface area contributed by atoms with Gasteiger partial charge in [0.05, 0.1) is 5.52 Å². The summed E-state index contributed by atoms with van der Waals surface area (Å²) in [5, 5.41) is 10.6. The number of likely N-dealkylation sites (N-methyl/N-ethyl adjacent to an activating group) is 1. The van der Waals surface area contributed by atoms with E-state index in [2.05, 4.69) is 49.4 Å². The van der Waals surface area contributed by atoms with Gasteiger partial charge in [0.25, 0.3) is 0 Å². The second-order valence-corrected chi connectivity index (χ2v) is 8.89. The number of fused-ring (bicyclic) bond motifs is 1. The van der Waals surface area contributed by atoms with Crippen molar-refractivity contribution in [3.05, 3.63) is 59.3 Å². The van der Waals surface area contributed by atoms with Crippen LogP contribution in [0.15, 0.2) is 47.7 Å². The number of aromatic nitrogens is 2. The number of rotatable bonds is 5. The summed E-state index contributed by atoms with van der Waals surface area (Å²) in [6, 6.07) is 12.1. The highest BCUT2D eigenvalue weighted by Crippen LogP contribution is 2.27. The van der Waals surface area contributed by atoms with Gasteiger partial charge in [-0.2, -0.15) is 5.10 Å². The molecule has 168 valence electrons. The van der Waals surface area contributed by atoms with Crippen molar-refractivity contribution in [3.63, 3.8) is 0 Å². The molecule has 1 aromatic heterocycles. The average molecular weight is 443 g/mol. The van der Waals surface area contributed by atoms with Crippen molar-refractivity contribution in [2.75, 3.05) is 32.0 Å². The van der Waals surface area contributed by atoms with E-state index in [1.165, 1.54) is 5.56 Å². The molecule has 3 heterocycles. The van der Waals surface area contributed by atoms with Crippen LogP contribution in [0.25, 0.3) is 10.9 Å². The van der Waals surface area contributed by atoms with Gasteiger partial charge in [0, 0.05) is 61.6 Å². The Labute approximate surface area is 193 Å². The third-order valence-electron chi connectivity index (χ3n) is 6.20. The van der Waals surface area contributed by atoms with Crippen molar-refractivity contribution in [2.24, 2.45) is 5.10 Å². The molecular weight excluding hydrogens is 415 g/mol. The number of hydrogen-bond donors (Lipinski definition) is 1. The van der Waals surface area contributed by atoms with E-state index in [4.69, 9.17) is 6.42 Å². The minimum absolute atomic E-state index is 0.213. The lowest BCUT2D eigenvalue weighted by Crippen LogP contribution is -2.35. The Morgan fingerprint density at radius 1 is 1.21 bits per heavy atom. The van der Waals surface area contributed by atoms with Crippen molar-refractivity contribution in [2.45, 2.75) is 31.5 Å². The highest BCUT2D eigenvalue weighted by atomic mass is 19.1. The smallest absolute Gasteiger partial charge is 0.227 e. The van der Waals surface area contributed by atoms with Crippen molar-refractivity contribution in [1.29, 1.82) is 0 Å². The molecule has 1 saturated heterocycles. The van der Waals surface area contributed by atoms with Crippen molar-refractivity contribution < 1.29 is 4.39 Å². The van der Waals surface area contributed by atoms with Gasteiger partial charge in [-0.1, -0.05) is 12.0 Å². The number of terminal acetylenes is 1. The first kappa shape index (κ1) is 21.4. The fraction of sp³-hybridized carbons (Fsp3) is 0.346. The number of alkyl halides is 1. The van der Waals surface area contributed by atoms with E-state index in [1.807, 2.05) is 36.5 Å². The van der Waals surface area contributed by atoms with E-state index in [-0.39, 0.29) is 5.92 Å². The summed E-state index contributed by atoms with van der Waals surface area (Å²) in [5.41, 5.74) is 4.87. The van der Waals surface area contributed by atoms with E-state index in [0.29, 0.717) is 18.9 Å². The Morgan fingerprint density at radius 3 is 2.91 bits per heavy atom. The summed E-state index contributed by atoms with van der Waals surface area (Å²) in [5.74, 6) is 3.38. The van der Waals surface area contributed by atoms with Gasteiger partial charge in [-0.25, -0.2) is 14.4 Å². The minimum Gasteiger partial charge on any atom is -0.324 e. The molecule has 2 unspecified atom stereocenters. The number of benzene rings is 2. The van der Waals surface area contributed by atoms with Crippen LogP contribution in [0.3, 0.4) is 0 Å². The quantitative estimate of drug-likeness (QED) is 0.597. The number of likely N-dealkylation sites (tertiary alicyclic amines) is 1. The Hall–Kier alpha value is -3.50. The van der Waals surface area contributed by atoms with Gasteiger partial charge in [-0.3, -0.25) is 9.91 Å². The fourth-order valence-corrected chi connectivity index (χ4v) is 4.57. The van der Waals surface area contributed by atoms with Crippen LogP contribution in [-0.4, -0.2) is 58.9 Å². The first-order valence-corrected chi connectivity index (χ1v) is 11.3. The van der Waals surface area contributed by atoms with Crippen LogP contribution >= 0.6 is 0 Å². The van der Waals surface area contributed by atoms with E-state index >= 15 is 0 Å². The third-order valence-corrected chi connectivity index (χ3v) is 6.20. The van der Waals surface area contributed by atoms with Crippen LogP contribution in [0.5, 0.6) is 0 Å². The Balaban J connectivity index is 1.43. The average Bonchev–Trinajstić information content (AvgIpc) is 3.25. The molecule has 6 nitrogen and oxygen atoms in total. The molecule has 3 aromatic rings. The van der Waals surface area contributed by atoms with Crippen molar-refractivity contribution in [3.8, 4) is 12.3 Å². The molecule has 0 saturated carbocycles. The minimum atomic E-state index is -0.740. The van der Waals surface area contributed by atoms with Gasteiger partial charge in [0.2, 0.25) is 5.95 Å². The standard InChI is InChI=1S/C26H27FN6/c1-3-18-6-7-25-21(9-18)13-28-26(31-25)30-24-11-19(15-33-8-4-5-23(27)17-33)10-20(12-24)22-14-29-32(2)16-22/h1,6-7,9-14,22-23H,4-5,8,15-17H2,2H3,(H,28,30,31). The zero-order valence-corrected chi connectivity index (χ0v) is 18.7. The molecule has 2 aliphatic heterocycles. The zero-order valence-electron chi connectivity index (χ0n) is 18.7. The molecule has 0 aliphatic carbocycles. The molecule has 2 atom stereocenters. The fourth-order valence-electron chi connectivity index (χ4n) is 4.57. The van der Waals surface area contributed by atoms with Gasteiger partial charge in [-0.05, 0) is 60.8 Å². The lowest BCUT2D eigenvalue weighted by atomic mass is 9.97. The second-order valence-electron chi connectivity index (χ2n) is 8.89. The maximum Gasteiger partial charge on any atom is 0.227 e. The molecule has 0 spiro atoms. The molecule has 1 N–H and O–H groups in total.